The topological polar surface area (TPSA) is 113 Å². The van der Waals surface area contributed by atoms with E-state index in [1.807, 2.05) is 0 Å². The highest BCUT2D eigenvalue weighted by atomic mass is 16.4. The molecule has 1 unspecified atom stereocenters. The van der Waals surface area contributed by atoms with Crippen LogP contribution < -0.4 is 10.6 Å². The predicted octanol–water partition coefficient (Wildman–Crippen LogP) is 0.875. The lowest BCUT2D eigenvalue weighted by Gasteiger charge is -2.13. The van der Waals surface area contributed by atoms with Gasteiger partial charge in [-0.25, -0.2) is 0 Å². The van der Waals surface area contributed by atoms with Crippen molar-refractivity contribution >= 4 is 23.7 Å². The van der Waals surface area contributed by atoms with Crippen LogP contribution >= 0.6 is 0 Å². The van der Waals surface area contributed by atoms with Gasteiger partial charge in [-0.1, -0.05) is 12.1 Å². The lowest BCUT2D eigenvalue weighted by molar-refractivity contribution is -0.141. The van der Waals surface area contributed by atoms with Crippen molar-refractivity contribution in [1.82, 2.24) is 10.6 Å². The van der Waals surface area contributed by atoms with Crippen LogP contribution in [0.2, 0.25) is 0 Å². The van der Waals surface area contributed by atoms with Crippen LogP contribution in [0.15, 0.2) is 24.3 Å². The maximum atomic E-state index is 12.3. The van der Waals surface area contributed by atoms with Crippen LogP contribution in [0.25, 0.3) is 0 Å². The van der Waals surface area contributed by atoms with E-state index in [0.29, 0.717) is 31.2 Å². The van der Waals surface area contributed by atoms with Gasteiger partial charge in [-0.3, -0.25) is 24.5 Å². The van der Waals surface area contributed by atoms with Gasteiger partial charge in [0.1, 0.15) is 0 Å². The quantitative estimate of drug-likeness (QED) is 0.686. The molecule has 132 valence electrons. The van der Waals surface area contributed by atoms with E-state index in [1.54, 1.807) is 24.3 Å². The molecule has 0 bridgehead atoms. The summed E-state index contributed by atoms with van der Waals surface area (Å²) in [6.07, 6.45) is 2.38. The van der Waals surface area contributed by atoms with Crippen molar-refractivity contribution in [2.45, 2.75) is 38.1 Å². The summed E-state index contributed by atoms with van der Waals surface area (Å²) < 4.78 is 0. The summed E-state index contributed by atoms with van der Waals surface area (Å²) in [4.78, 5) is 46.0. The molecule has 0 aromatic heterocycles. The molecule has 1 saturated heterocycles. The molecule has 1 saturated carbocycles. The molecule has 2 aliphatic rings. The lowest BCUT2D eigenvalue weighted by atomic mass is 9.97. The predicted molar refractivity (Wildman–Crippen MR) is 87.6 cm³/mol. The molecule has 1 aromatic carbocycles. The summed E-state index contributed by atoms with van der Waals surface area (Å²) in [5.41, 5.74) is 1.38. The zero-order chi connectivity index (χ0) is 18.0. The number of amides is 3. The second kappa shape index (κ2) is 7.04. The zero-order valence-electron chi connectivity index (χ0n) is 13.7. The van der Waals surface area contributed by atoms with Crippen molar-refractivity contribution in [2.24, 2.45) is 11.8 Å². The van der Waals surface area contributed by atoms with Crippen LogP contribution in [-0.2, 0) is 20.8 Å². The van der Waals surface area contributed by atoms with Gasteiger partial charge in [-0.15, -0.1) is 0 Å². The fourth-order valence-corrected chi connectivity index (χ4v) is 3.45. The fraction of sp³-hybridized carbons (Fsp3) is 0.444. The highest BCUT2D eigenvalue weighted by Crippen LogP contribution is 2.26. The normalized spacial score (nSPS) is 25.7. The third-order valence-electron chi connectivity index (χ3n) is 4.88. The Hall–Kier alpha value is -2.70. The third-order valence-corrected chi connectivity index (χ3v) is 4.88. The molecule has 0 radical (unpaired) electrons. The Morgan fingerprint density at radius 2 is 1.88 bits per heavy atom. The Kier molecular flexibility index (Phi) is 4.83. The van der Waals surface area contributed by atoms with Gasteiger partial charge in [0.05, 0.1) is 11.8 Å². The molecule has 0 spiro atoms. The number of nitrogens with one attached hydrogen (secondary N) is 2. The van der Waals surface area contributed by atoms with E-state index in [9.17, 15) is 19.2 Å². The number of carboxylic acids is 1. The van der Waals surface area contributed by atoms with Gasteiger partial charge in [0.25, 0.3) is 5.91 Å². The van der Waals surface area contributed by atoms with Gasteiger partial charge in [0, 0.05) is 18.0 Å². The maximum absolute atomic E-state index is 12.3. The summed E-state index contributed by atoms with van der Waals surface area (Å²) >= 11 is 0. The molecule has 25 heavy (non-hydrogen) atoms. The Morgan fingerprint density at radius 1 is 1.16 bits per heavy atom. The Balaban J connectivity index is 1.55. The molecule has 3 rings (SSSR count). The molecule has 7 heteroatoms. The lowest BCUT2D eigenvalue weighted by Crippen LogP contribution is -2.33. The molecule has 1 aliphatic heterocycles. The van der Waals surface area contributed by atoms with E-state index in [-0.39, 0.29) is 42.0 Å². The molecular weight excluding hydrogens is 324 g/mol. The average Bonchev–Trinajstić information content (AvgIpc) is 3.15. The summed E-state index contributed by atoms with van der Waals surface area (Å²) in [5, 5.41) is 14.2. The molecule has 3 amide bonds. The number of carboxylic acid groups (broad SMARTS) is 1. The molecule has 1 heterocycles. The van der Waals surface area contributed by atoms with Crippen molar-refractivity contribution in [1.29, 1.82) is 0 Å². The van der Waals surface area contributed by atoms with Crippen LogP contribution in [0.5, 0.6) is 0 Å². The number of benzene rings is 1. The van der Waals surface area contributed by atoms with Crippen LogP contribution in [0.3, 0.4) is 0 Å². The first-order valence-corrected chi connectivity index (χ1v) is 8.38. The minimum Gasteiger partial charge on any atom is -0.481 e. The summed E-state index contributed by atoms with van der Waals surface area (Å²) in [5.74, 6) is -2.26. The van der Waals surface area contributed by atoms with E-state index < -0.39 is 5.97 Å². The molecule has 1 aromatic rings. The van der Waals surface area contributed by atoms with E-state index in [1.165, 1.54) is 0 Å². The largest absolute Gasteiger partial charge is 0.481 e. The third kappa shape index (κ3) is 4.04. The van der Waals surface area contributed by atoms with Crippen LogP contribution in [-0.4, -0.2) is 34.8 Å². The molecule has 3 N–H and O–H groups in total. The Bertz CT molecular complexity index is 713. The van der Waals surface area contributed by atoms with E-state index in [2.05, 4.69) is 10.6 Å². The number of aliphatic carboxylic acids is 1. The highest BCUT2D eigenvalue weighted by molar-refractivity contribution is 6.03. The van der Waals surface area contributed by atoms with Crippen molar-refractivity contribution in [3.8, 4) is 0 Å². The van der Waals surface area contributed by atoms with Crippen molar-refractivity contribution in [2.75, 3.05) is 0 Å². The highest BCUT2D eigenvalue weighted by Gasteiger charge is 2.31. The number of hydrogen-bond acceptors (Lipinski definition) is 4. The number of hydrogen-bond donors (Lipinski definition) is 3. The van der Waals surface area contributed by atoms with Crippen molar-refractivity contribution in [3.63, 3.8) is 0 Å². The average molecular weight is 344 g/mol. The van der Waals surface area contributed by atoms with E-state index in [4.69, 9.17) is 5.11 Å². The fourth-order valence-electron chi connectivity index (χ4n) is 3.45. The van der Waals surface area contributed by atoms with Gasteiger partial charge >= 0.3 is 5.97 Å². The van der Waals surface area contributed by atoms with Gasteiger partial charge in [0.2, 0.25) is 11.8 Å². The molecule has 7 nitrogen and oxygen atoms in total. The van der Waals surface area contributed by atoms with E-state index in [0.717, 1.165) is 5.56 Å². The van der Waals surface area contributed by atoms with Gasteiger partial charge in [0.15, 0.2) is 0 Å². The van der Waals surface area contributed by atoms with Crippen LogP contribution in [0.4, 0.5) is 0 Å². The molecular formula is C18H20N2O5. The minimum atomic E-state index is -0.810. The Morgan fingerprint density at radius 3 is 2.44 bits per heavy atom. The number of carbonyl (C=O) groups is 4. The summed E-state index contributed by atoms with van der Waals surface area (Å²) in [6, 6.07) is 6.81. The number of rotatable bonds is 5. The first-order chi connectivity index (χ1) is 11.9. The monoisotopic (exact) mass is 344 g/mol. The Labute approximate surface area is 144 Å². The second-order valence-corrected chi connectivity index (χ2v) is 6.73. The molecule has 3 atom stereocenters. The van der Waals surface area contributed by atoms with Crippen LogP contribution in [0, 0.1) is 11.8 Å². The first-order valence-electron chi connectivity index (χ1n) is 8.38. The smallest absolute Gasteiger partial charge is 0.306 e. The summed E-state index contributed by atoms with van der Waals surface area (Å²) in [7, 11) is 0. The standard InChI is InChI=1S/C18H20N2O5/c21-15-9-13(17(23)20-15)7-10-1-3-11(4-2-10)16(22)19-14-6-5-12(8-14)18(24)25/h1-4,12-14H,5-9H2,(H,19,22)(H,24,25)(H,20,21,23)/t12-,13?,14+/m0/s1. The molecule has 2 fully saturated rings. The van der Waals surface area contributed by atoms with Gasteiger partial charge in [-0.2, -0.15) is 0 Å². The van der Waals surface area contributed by atoms with Crippen molar-refractivity contribution < 1.29 is 24.3 Å². The maximum Gasteiger partial charge on any atom is 0.306 e. The molecule has 1 aliphatic carbocycles. The summed E-state index contributed by atoms with van der Waals surface area (Å²) in [6.45, 7) is 0. The second-order valence-electron chi connectivity index (χ2n) is 6.73. The van der Waals surface area contributed by atoms with Gasteiger partial charge in [-0.05, 0) is 43.4 Å². The first kappa shape index (κ1) is 17.1. The van der Waals surface area contributed by atoms with Gasteiger partial charge < -0.3 is 10.4 Å². The zero-order valence-corrected chi connectivity index (χ0v) is 13.7. The van der Waals surface area contributed by atoms with E-state index >= 15 is 0 Å². The SMILES string of the molecule is O=C1CC(Cc2ccc(C(=O)N[C@@H]3CC[C@H](C(=O)O)C3)cc2)C(=O)N1. The van der Waals surface area contributed by atoms with Crippen molar-refractivity contribution in [3.05, 3.63) is 35.4 Å². The minimum absolute atomic E-state index is 0.110. The number of imide groups is 1. The number of carbonyl (C=O) groups excluding carboxylic acids is 3. The van der Waals surface area contributed by atoms with Crippen LogP contribution in [0.1, 0.15) is 41.6 Å².